The first kappa shape index (κ1) is 21.3. The Balaban J connectivity index is 1.80. The van der Waals surface area contributed by atoms with Crippen LogP contribution in [0, 0.1) is 30.9 Å². The minimum atomic E-state index is -0.418. The molecule has 0 saturated carbocycles. The standard InChI is InChI=1S/C18H21N7O4S/c1-11-17(25(26)27)12(2)23(22-11)10-30-18-21-20-13(3)24(18)19-9-14-6-7-15(28-4)16(8-14)29-5/h6-9H,10H2,1-5H3. The zero-order valence-electron chi connectivity index (χ0n) is 17.2. The largest absolute Gasteiger partial charge is 0.493 e. The van der Waals surface area contributed by atoms with Gasteiger partial charge in [-0.15, -0.1) is 10.2 Å². The molecule has 0 radical (unpaired) electrons. The van der Waals surface area contributed by atoms with Gasteiger partial charge >= 0.3 is 5.69 Å². The highest BCUT2D eigenvalue weighted by Gasteiger charge is 2.22. The lowest BCUT2D eigenvalue weighted by atomic mass is 10.2. The van der Waals surface area contributed by atoms with E-state index >= 15 is 0 Å². The Hall–Kier alpha value is -3.41. The molecule has 3 rings (SSSR count). The van der Waals surface area contributed by atoms with Gasteiger partial charge in [-0.05, 0) is 44.5 Å². The van der Waals surface area contributed by atoms with E-state index in [0.717, 1.165) is 5.56 Å². The fraction of sp³-hybridized carbons (Fsp3) is 0.333. The predicted octanol–water partition coefficient (Wildman–Crippen LogP) is 2.96. The summed E-state index contributed by atoms with van der Waals surface area (Å²) in [6.45, 7) is 5.08. The fourth-order valence-electron chi connectivity index (χ4n) is 2.82. The first-order chi connectivity index (χ1) is 14.3. The minimum Gasteiger partial charge on any atom is -0.493 e. The molecule has 0 N–H and O–H groups in total. The van der Waals surface area contributed by atoms with Gasteiger partial charge in [-0.3, -0.25) is 14.8 Å². The zero-order chi connectivity index (χ0) is 21.8. The SMILES string of the molecule is COc1ccc(C=Nn2c(C)nnc2SCn2nc(C)c([N+](=O)[O-])c2C)cc1OC. The molecule has 1 aromatic carbocycles. The van der Waals surface area contributed by atoms with Gasteiger partial charge in [0.1, 0.15) is 11.4 Å². The van der Waals surface area contributed by atoms with E-state index in [9.17, 15) is 10.1 Å². The molecule has 0 atom stereocenters. The number of hydrogen-bond donors (Lipinski definition) is 0. The van der Waals surface area contributed by atoms with E-state index in [1.165, 1.54) is 11.8 Å². The van der Waals surface area contributed by atoms with Crippen molar-refractivity contribution >= 4 is 23.7 Å². The van der Waals surface area contributed by atoms with Crippen molar-refractivity contribution in [2.24, 2.45) is 5.10 Å². The number of nitro groups is 1. The number of methoxy groups -OCH3 is 2. The summed E-state index contributed by atoms with van der Waals surface area (Å²) in [6.07, 6.45) is 1.66. The molecule has 0 amide bonds. The van der Waals surface area contributed by atoms with Crippen LogP contribution in [0.1, 0.15) is 22.8 Å². The molecular weight excluding hydrogens is 410 g/mol. The molecule has 0 aliphatic carbocycles. The van der Waals surface area contributed by atoms with Crippen molar-refractivity contribution in [3.05, 3.63) is 51.1 Å². The number of thioether (sulfide) groups is 1. The first-order valence-electron chi connectivity index (χ1n) is 8.85. The lowest BCUT2D eigenvalue weighted by molar-refractivity contribution is -0.386. The predicted molar refractivity (Wildman–Crippen MR) is 112 cm³/mol. The summed E-state index contributed by atoms with van der Waals surface area (Å²) in [5.74, 6) is 2.17. The van der Waals surface area contributed by atoms with E-state index in [4.69, 9.17) is 9.47 Å². The molecule has 0 fully saturated rings. The zero-order valence-corrected chi connectivity index (χ0v) is 18.0. The van der Waals surface area contributed by atoms with Crippen molar-refractivity contribution in [1.82, 2.24) is 24.7 Å². The molecule has 0 spiro atoms. The Morgan fingerprint density at radius 2 is 1.93 bits per heavy atom. The molecule has 0 bridgehead atoms. The van der Waals surface area contributed by atoms with Crippen molar-refractivity contribution < 1.29 is 14.4 Å². The van der Waals surface area contributed by atoms with E-state index < -0.39 is 4.92 Å². The molecule has 0 saturated heterocycles. The third-order valence-electron chi connectivity index (χ3n) is 4.34. The lowest BCUT2D eigenvalue weighted by Gasteiger charge is -2.07. The summed E-state index contributed by atoms with van der Waals surface area (Å²) in [4.78, 5) is 10.8. The van der Waals surface area contributed by atoms with Gasteiger partial charge in [0.15, 0.2) is 17.3 Å². The second-order valence-electron chi connectivity index (χ2n) is 6.25. The maximum atomic E-state index is 11.2. The number of nitrogens with zero attached hydrogens (tertiary/aromatic N) is 7. The summed E-state index contributed by atoms with van der Waals surface area (Å²) in [5, 5.41) is 28.6. The van der Waals surface area contributed by atoms with E-state index in [2.05, 4.69) is 20.4 Å². The number of aryl methyl sites for hydroxylation is 2. The number of aromatic nitrogens is 5. The van der Waals surface area contributed by atoms with Crippen LogP contribution in [0.3, 0.4) is 0 Å². The molecule has 0 aliphatic heterocycles. The smallest absolute Gasteiger partial charge is 0.312 e. The Kier molecular flexibility index (Phi) is 6.35. The van der Waals surface area contributed by atoms with Gasteiger partial charge < -0.3 is 9.47 Å². The molecule has 3 aromatic rings. The third-order valence-corrected chi connectivity index (χ3v) is 5.23. The van der Waals surface area contributed by atoms with Crippen LogP contribution in [0.15, 0.2) is 28.5 Å². The fourth-order valence-corrected chi connectivity index (χ4v) is 3.70. The van der Waals surface area contributed by atoms with E-state index in [1.54, 1.807) is 56.6 Å². The van der Waals surface area contributed by atoms with Gasteiger partial charge in [0.25, 0.3) is 0 Å². The molecule has 158 valence electrons. The van der Waals surface area contributed by atoms with Crippen LogP contribution in [0.25, 0.3) is 0 Å². The summed E-state index contributed by atoms with van der Waals surface area (Å²) in [7, 11) is 3.15. The lowest BCUT2D eigenvalue weighted by Crippen LogP contribution is -2.02. The highest BCUT2D eigenvalue weighted by atomic mass is 32.2. The van der Waals surface area contributed by atoms with Crippen LogP contribution < -0.4 is 9.47 Å². The van der Waals surface area contributed by atoms with Gasteiger partial charge in [-0.2, -0.15) is 14.9 Å². The van der Waals surface area contributed by atoms with Gasteiger partial charge in [-0.25, -0.2) is 0 Å². The van der Waals surface area contributed by atoms with Crippen LogP contribution in [-0.4, -0.2) is 50.0 Å². The Morgan fingerprint density at radius 1 is 1.20 bits per heavy atom. The Morgan fingerprint density at radius 3 is 2.57 bits per heavy atom. The molecule has 2 heterocycles. The summed E-state index contributed by atoms with van der Waals surface area (Å²) in [5.41, 5.74) is 1.70. The molecule has 30 heavy (non-hydrogen) atoms. The van der Waals surface area contributed by atoms with Crippen molar-refractivity contribution in [2.45, 2.75) is 31.8 Å². The van der Waals surface area contributed by atoms with E-state index in [0.29, 0.717) is 39.7 Å². The Bertz CT molecular complexity index is 1110. The van der Waals surface area contributed by atoms with Crippen LogP contribution in [0.2, 0.25) is 0 Å². The van der Waals surface area contributed by atoms with Gasteiger partial charge in [0.2, 0.25) is 5.16 Å². The molecule has 12 heteroatoms. The quantitative estimate of drug-likeness (QED) is 0.231. The highest BCUT2D eigenvalue weighted by Crippen LogP contribution is 2.28. The second kappa shape index (κ2) is 8.95. The van der Waals surface area contributed by atoms with Crippen LogP contribution >= 0.6 is 11.8 Å². The second-order valence-corrected chi connectivity index (χ2v) is 7.16. The molecule has 2 aromatic heterocycles. The average Bonchev–Trinajstić information content (AvgIpc) is 3.22. The molecule has 0 unspecified atom stereocenters. The van der Waals surface area contributed by atoms with Crippen molar-refractivity contribution in [3.63, 3.8) is 0 Å². The summed E-state index contributed by atoms with van der Waals surface area (Å²) >= 11 is 1.33. The van der Waals surface area contributed by atoms with Crippen molar-refractivity contribution in [1.29, 1.82) is 0 Å². The Labute approximate surface area is 176 Å². The van der Waals surface area contributed by atoms with Crippen LogP contribution in [0.4, 0.5) is 5.69 Å². The first-order valence-corrected chi connectivity index (χ1v) is 9.83. The minimum absolute atomic E-state index is 0.0275. The average molecular weight is 431 g/mol. The molecule has 0 aliphatic rings. The van der Waals surface area contributed by atoms with Crippen LogP contribution in [0.5, 0.6) is 11.5 Å². The van der Waals surface area contributed by atoms with Gasteiger partial charge in [0.05, 0.1) is 31.2 Å². The van der Waals surface area contributed by atoms with Crippen molar-refractivity contribution in [2.75, 3.05) is 14.2 Å². The molecular formula is C18H21N7O4S. The number of rotatable bonds is 8. The van der Waals surface area contributed by atoms with E-state index in [-0.39, 0.29) is 5.69 Å². The van der Waals surface area contributed by atoms with Crippen LogP contribution in [-0.2, 0) is 5.88 Å². The topological polar surface area (TPSA) is 122 Å². The third kappa shape index (κ3) is 4.27. The molecule has 11 nitrogen and oxygen atoms in total. The van der Waals surface area contributed by atoms with E-state index in [1.807, 2.05) is 12.1 Å². The summed E-state index contributed by atoms with van der Waals surface area (Å²) < 4.78 is 13.7. The maximum absolute atomic E-state index is 11.2. The highest BCUT2D eigenvalue weighted by molar-refractivity contribution is 7.98. The summed E-state index contributed by atoms with van der Waals surface area (Å²) in [6, 6.07) is 5.46. The number of ether oxygens (including phenoxy) is 2. The monoisotopic (exact) mass is 431 g/mol. The number of benzene rings is 1. The van der Waals surface area contributed by atoms with Gasteiger partial charge in [-0.1, -0.05) is 11.8 Å². The normalized spacial score (nSPS) is 11.2. The number of hydrogen-bond acceptors (Lipinski definition) is 9. The maximum Gasteiger partial charge on any atom is 0.312 e. The van der Waals surface area contributed by atoms with Gasteiger partial charge in [0, 0.05) is 0 Å². The van der Waals surface area contributed by atoms with Crippen molar-refractivity contribution in [3.8, 4) is 11.5 Å².